The van der Waals surface area contributed by atoms with Crippen LogP contribution in [0.3, 0.4) is 0 Å². The average molecular weight is 446 g/mol. The molecule has 9 nitrogen and oxygen atoms in total. The first-order valence-electron chi connectivity index (χ1n) is 11.7. The number of nitrogens with zero attached hydrogens (tertiary/aromatic N) is 7. The van der Waals surface area contributed by atoms with E-state index in [-0.39, 0.29) is 23.9 Å². The molecular weight excluding hydrogens is 418 g/mol. The van der Waals surface area contributed by atoms with E-state index >= 15 is 0 Å². The Kier molecular flexibility index (Phi) is 5.05. The molecule has 2 bridgehead atoms. The Hall–Kier alpha value is -3.33. The zero-order valence-corrected chi connectivity index (χ0v) is 18.5. The van der Waals surface area contributed by atoms with Gasteiger partial charge in [0.1, 0.15) is 6.54 Å². The molecule has 3 aliphatic heterocycles. The van der Waals surface area contributed by atoms with Crippen molar-refractivity contribution in [2.75, 3.05) is 19.6 Å². The van der Waals surface area contributed by atoms with E-state index in [9.17, 15) is 9.59 Å². The van der Waals surface area contributed by atoms with Gasteiger partial charge in [-0.1, -0.05) is 30.3 Å². The Morgan fingerprint density at radius 1 is 1.03 bits per heavy atom. The van der Waals surface area contributed by atoms with Crippen LogP contribution >= 0.6 is 0 Å². The molecule has 2 aromatic heterocycles. The fourth-order valence-corrected chi connectivity index (χ4v) is 5.68. The van der Waals surface area contributed by atoms with Gasteiger partial charge in [-0.05, 0) is 46.4 Å². The summed E-state index contributed by atoms with van der Waals surface area (Å²) in [6.45, 7) is 4.58. The van der Waals surface area contributed by atoms with E-state index in [1.54, 1.807) is 10.7 Å². The van der Waals surface area contributed by atoms with Crippen LogP contribution in [-0.4, -0.2) is 60.1 Å². The van der Waals surface area contributed by atoms with E-state index in [0.29, 0.717) is 32.1 Å². The van der Waals surface area contributed by atoms with Gasteiger partial charge < -0.3 is 9.47 Å². The molecule has 0 spiro atoms. The molecule has 6 rings (SSSR count). The standard InChI is InChI=1S/C24H27N7O2/c32-23-7-3-6-21-20-10-17(12-30(21)23)11-29(14-20)24(33)16-31-22(25-26-27-31)15-28-9-8-18-4-1-2-5-19(18)13-28/h1-7,17,20H,8-16H2/t17-,20+/m1/s1. The molecule has 1 fully saturated rings. The number of carbonyl (C=O) groups is 1. The summed E-state index contributed by atoms with van der Waals surface area (Å²) in [6, 6.07) is 14.0. The van der Waals surface area contributed by atoms with Crippen LogP contribution in [-0.2, 0) is 37.4 Å². The maximum absolute atomic E-state index is 13.2. The summed E-state index contributed by atoms with van der Waals surface area (Å²) in [7, 11) is 0. The first-order chi connectivity index (χ1) is 16.1. The molecule has 3 aliphatic rings. The van der Waals surface area contributed by atoms with Crippen LogP contribution in [0.5, 0.6) is 0 Å². The minimum Gasteiger partial charge on any atom is -0.340 e. The van der Waals surface area contributed by atoms with Crippen LogP contribution < -0.4 is 5.56 Å². The second-order valence-electron chi connectivity index (χ2n) is 9.48. The molecule has 1 saturated heterocycles. The van der Waals surface area contributed by atoms with Crippen LogP contribution in [0.4, 0.5) is 0 Å². The second kappa shape index (κ2) is 8.22. The van der Waals surface area contributed by atoms with Crippen molar-refractivity contribution in [3.8, 4) is 0 Å². The highest BCUT2D eigenvalue weighted by atomic mass is 16.2. The normalized spacial score (nSPS) is 22.0. The zero-order chi connectivity index (χ0) is 22.4. The minimum absolute atomic E-state index is 0.0361. The number of fused-ring (bicyclic) bond motifs is 5. The van der Waals surface area contributed by atoms with E-state index in [2.05, 4.69) is 44.7 Å². The molecule has 0 saturated carbocycles. The summed E-state index contributed by atoms with van der Waals surface area (Å²) in [5, 5.41) is 12.2. The van der Waals surface area contributed by atoms with Crippen LogP contribution in [0.15, 0.2) is 47.3 Å². The Morgan fingerprint density at radius 2 is 1.91 bits per heavy atom. The van der Waals surface area contributed by atoms with E-state index < -0.39 is 0 Å². The molecule has 1 aromatic carbocycles. The van der Waals surface area contributed by atoms with Gasteiger partial charge in [0, 0.05) is 50.4 Å². The molecule has 33 heavy (non-hydrogen) atoms. The Morgan fingerprint density at radius 3 is 2.82 bits per heavy atom. The number of likely N-dealkylation sites (tertiary alicyclic amines) is 1. The predicted molar refractivity (Wildman–Crippen MR) is 120 cm³/mol. The molecule has 170 valence electrons. The van der Waals surface area contributed by atoms with Gasteiger partial charge >= 0.3 is 0 Å². The first-order valence-corrected chi connectivity index (χ1v) is 11.7. The van der Waals surface area contributed by atoms with Crippen molar-refractivity contribution < 1.29 is 4.79 Å². The van der Waals surface area contributed by atoms with E-state index in [1.165, 1.54) is 11.1 Å². The van der Waals surface area contributed by atoms with Gasteiger partial charge in [0.2, 0.25) is 5.91 Å². The van der Waals surface area contributed by atoms with Gasteiger partial charge in [-0.2, -0.15) is 0 Å². The van der Waals surface area contributed by atoms with Gasteiger partial charge in [-0.25, -0.2) is 4.68 Å². The number of carbonyl (C=O) groups excluding carboxylic acids is 1. The Labute approximate surface area is 191 Å². The van der Waals surface area contributed by atoms with Crippen molar-refractivity contribution in [2.45, 2.75) is 44.9 Å². The van der Waals surface area contributed by atoms with Gasteiger partial charge in [0.05, 0.1) is 6.54 Å². The quantitative estimate of drug-likeness (QED) is 0.596. The minimum atomic E-state index is 0.0361. The van der Waals surface area contributed by atoms with E-state index in [4.69, 9.17) is 0 Å². The number of rotatable bonds is 4. The topological polar surface area (TPSA) is 89.2 Å². The third-order valence-electron chi connectivity index (χ3n) is 7.30. The van der Waals surface area contributed by atoms with Crippen molar-refractivity contribution in [1.29, 1.82) is 0 Å². The molecule has 0 aliphatic carbocycles. The van der Waals surface area contributed by atoms with Crippen molar-refractivity contribution in [2.24, 2.45) is 5.92 Å². The number of pyridine rings is 1. The maximum atomic E-state index is 13.2. The second-order valence-corrected chi connectivity index (χ2v) is 9.48. The number of benzene rings is 1. The van der Waals surface area contributed by atoms with Crippen molar-refractivity contribution in [3.05, 3.63) is 75.5 Å². The summed E-state index contributed by atoms with van der Waals surface area (Å²) >= 11 is 0. The van der Waals surface area contributed by atoms with Crippen LogP contribution in [0.25, 0.3) is 0 Å². The average Bonchev–Trinajstić information content (AvgIpc) is 3.26. The summed E-state index contributed by atoms with van der Waals surface area (Å²) in [4.78, 5) is 29.7. The Bertz CT molecular complexity index is 1250. The lowest BCUT2D eigenvalue weighted by molar-refractivity contribution is -0.134. The molecule has 0 unspecified atom stereocenters. The third-order valence-corrected chi connectivity index (χ3v) is 7.30. The number of piperidine rings is 1. The number of aromatic nitrogens is 5. The number of amides is 1. The zero-order valence-electron chi connectivity index (χ0n) is 18.5. The smallest absolute Gasteiger partial charge is 0.250 e. The maximum Gasteiger partial charge on any atom is 0.250 e. The van der Waals surface area contributed by atoms with Crippen LogP contribution in [0.2, 0.25) is 0 Å². The van der Waals surface area contributed by atoms with Crippen LogP contribution in [0, 0.1) is 5.92 Å². The number of tetrazole rings is 1. The lowest BCUT2D eigenvalue weighted by Gasteiger charge is -2.42. The largest absolute Gasteiger partial charge is 0.340 e. The van der Waals surface area contributed by atoms with Crippen molar-refractivity contribution in [1.82, 2.24) is 34.6 Å². The molecule has 2 atom stereocenters. The highest BCUT2D eigenvalue weighted by Crippen LogP contribution is 2.35. The van der Waals surface area contributed by atoms with Gasteiger partial charge in [-0.3, -0.25) is 14.5 Å². The summed E-state index contributed by atoms with van der Waals surface area (Å²) in [6.07, 6.45) is 2.04. The molecule has 0 N–H and O–H groups in total. The molecule has 5 heterocycles. The summed E-state index contributed by atoms with van der Waals surface area (Å²) in [5.74, 6) is 1.27. The molecule has 9 heteroatoms. The summed E-state index contributed by atoms with van der Waals surface area (Å²) in [5.41, 5.74) is 3.85. The highest BCUT2D eigenvalue weighted by Gasteiger charge is 2.36. The monoisotopic (exact) mass is 445 g/mol. The van der Waals surface area contributed by atoms with Gasteiger partial charge in [0.25, 0.3) is 5.56 Å². The molecule has 0 radical (unpaired) electrons. The number of hydrogen-bond acceptors (Lipinski definition) is 6. The van der Waals surface area contributed by atoms with Crippen molar-refractivity contribution >= 4 is 5.91 Å². The summed E-state index contributed by atoms with van der Waals surface area (Å²) < 4.78 is 3.53. The number of hydrogen-bond donors (Lipinski definition) is 0. The van der Waals surface area contributed by atoms with E-state index in [1.807, 2.05) is 21.6 Å². The lowest BCUT2D eigenvalue weighted by atomic mass is 9.83. The van der Waals surface area contributed by atoms with Crippen molar-refractivity contribution in [3.63, 3.8) is 0 Å². The SMILES string of the molecule is O=C(Cn1nnnc1CN1CCc2ccccc2C1)N1C[C@H]2C[C@@H](C1)c1cccc(=O)n1C2. The highest BCUT2D eigenvalue weighted by molar-refractivity contribution is 5.76. The predicted octanol–water partition coefficient (Wildman–Crippen LogP) is 1.04. The lowest BCUT2D eigenvalue weighted by Crippen LogP contribution is -2.50. The fourth-order valence-electron chi connectivity index (χ4n) is 5.68. The van der Waals surface area contributed by atoms with Gasteiger partial charge in [-0.15, -0.1) is 5.10 Å². The van der Waals surface area contributed by atoms with Crippen LogP contribution in [0.1, 0.15) is 35.0 Å². The fraction of sp³-hybridized carbons (Fsp3) is 0.458. The third kappa shape index (κ3) is 3.86. The van der Waals surface area contributed by atoms with Gasteiger partial charge in [0.15, 0.2) is 5.82 Å². The molecular formula is C24H27N7O2. The molecule has 3 aromatic rings. The van der Waals surface area contributed by atoms with E-state index in [0.717, 1.165) is 37.4 Å². The molecule has 1 amide bonds. The Balaban J connectivity index is 1.13. The first kappa shape index (κ1) is 20.3.